The minimum atomic E-state index is -0.579. The van der Waals surface area contributed by atoms with Crippen molar-refractivity contribution in [3.63, 3.8) is 0 Å². The normalized spacial score (nSPS) is 10.4. The Balaban J connectivity index is 2.33. The molecule has 3 nitrogen and oxygen atoms in total. The first-order valence-corrected chi connectivity index (χ1v) is 5.92. The second-order valence-corrected chi connectivity index (χ2v) is 4.56. The number of hydrogen-bond donors (Lipinski definition) is 0. The summed E-state index contributed by atoms with van der Waals surface area (Å²) in [5.74, 6) is -0.112. The molecule has 88 valence electrons. The Kier molecular flexibility index (Phi) is 3.81. The first kappa shape index (κ1) is 12.5. The summed E-state index contributed by atoms with van der Waals surface area (Å²) in [5.41, 5.74) is 0. The molecule has 0 fully saturated rings. The van der Waals surface area contributed by atoms with Crippen molar-refractivity contribution in [1.82, 2.24) is 9.97 Å². The van der Waals surface area contributed by atoms with E-state index in [-0.39, 0.29) is 21.9 Å². The van der Waals surface area contributed by atoms with Gasteiger partial charge in [0.1, 0.15) is 11.6 Å². The molecular weight excluding hydrogens is 334 g/mol. The molecule has 1 aromatic carbocycles. The lowest BCUT2D eigenvalue weighted by molar-refractivity contribution is 0.454. The maximum Gasteiger partial charge on any atom is 0.225 e. The van der Waals surface area contributed by atoms with Gasteiger partial charge in [0.15, 0.2) is 0 Å². The van der Waals surface area contributed by atoms with Gasteiger partial charge in [-0.15, -0.1) is 0 Å². The predicted octanol–water partition coefficient (Wildman–Crippen LogP) is 4.48. The lowest BCUT2D eigenvalue weighted by Gasteiger charge is -2.07. The molecule has 0 N–H and O–H groups in total. The van der Waals surface area contributed by atoms with Crippen molar-refractivity contribution >= 4 is 39.1 Å². The van der Waals surface area contributed by atoms with E-state index in [1.807, 2.05) is 0 Å². The molecule has 1 aromatic heterocycles. The highest BCUT2D eigenvalue weighted by atomic mass is 79.9. The molecule has 0 unspecified atom stereocenters. The lowest BCUT2D eigenvalue weighted by atomic mass is 10.3. The molecule has 17 heavy (non-hydrogen) atoms. The van der Waals surface area contributed by atoms with Crippen molar-refractivity contribution in [2.45, 2.75) is 0 Å². The Morgan fingerprint density at radius 2 is 2.06 bits per heavy atom. The fourth-order valence-electron chi connectivity index (χ4n) is 1.07. The molecule has 0 aliphatic heterocycles. The average Bonchev–Trinajstić information content (AvgIpc) is 2.26. The number of nitrogens with zero attached hydrogens (tertiary/aromatic N) is 2. The Labute approximate surface area is 115 Å². The van der Waals surface area contributed by atoms with E-state index < -0.39 is 5.82 Å². The quantitative estimate of drug-likeness (QED) is 0.598. The molecule has 0 saturated carbocycles. The molecule has 2 rings (SSSR count). The van der Waals surface area contributed by atoms with Crippen LogP contribution in [0.25, 0.3) is 0 Å². The summed E-state index contributed by atoms with van der Waals surface area (Å²) in [6.07, 6.45) is 1.44. The fraction of sp³-hybridized carbons (Fsp3) is 0. The standard InChI is InChI=1S/C10H4BrCl2FN2O/c11-5-3-6(12)7(14)4-8(5)17-9-1-2-15-10(13)16-9/h1-4H. The first-order chi connectivity index (χ1) is 8.06. The van der Waals surface area contributed by atoms with E-state index in [9.17, 15) is 4.39 Å². The molecule has 0 atom stereocenters. The van der Waals surface area contributed by atoms with Crippen molar-refractivity contribution in [3.05, 3.63) is 45.0 Å². The Hall–Kier alpha value is -0.910. The minimum Gasteiger partial charge on any atom is -0.438 e. The van der Waals surface area contributed by atoms with Crippen LogP contribution in [0.4, 0.5) is 4.39 Å². The number of aromatic nitrogens is 2. The van der Waals surface area contributed by atoms with Crippen LogP contribution in [0.1, 0.15) is 0 Å². The topological polar surface area (TPSA) is 35.0 Å². The smallest absolute Gasteiger partial charge is 0.225 e. The van der Waals surface area contributed by atoms with Crippen LogP contribution in [0.2, 0.25) is 10.3 Å². The van der Waals surface area contributed by atoms with Crippen molar-refractivity contribution in [2.24, 2.45) is 0 Å². The lowest BCUT2D eigenvalue weighted by Crippen LogP contribution is -1.91. The monoisotopic (exact) mass is 336 g/mol. The molecule has 0 aliphatic carbocycles. The maximum atomic E-state index is 13.2. The van der Waals surface area contributed by atoms with Crippen molar-refractivity contribution in [2.75, 3.05) is 0 Å². The van der Waals surface area contributed by atoms with Crippen LogP contribution in [-0.4, -0.2) is 9.97 Å². The summed E-state index contributed by atoms with van der Waals surface area (Å²) < 4.78 is 19.1. The van der Waals surface area contributed by atoms with Crippen LogP contribution < -0.4 is 4.74 Å². The van der Waals surface area contributed by atoms with Gasteiger partial charge in [-0.05, 0) is 33.6 Å². The number of benzene rings is 1. The SMILES string of the molecule is Fc1cc(Oc2ccnc(Cl)n2)c(Br)cc1Cl. The van der Waals surface area contributed by atoms with Gasteiger partial charge in [-0.1, -0.05) is 11.6 Å². The van der Waals surface area contributed by atoms with Crippen molar-refractivity contribution < 1.29 is 9.13 Å². The summed E-state index contributed by atoms with van der Waals surface area (Å²) >= 11 is 14.4. The first-order valence-electron chi connectivity index (χ1n) is 4.37. The predicted molar refractivity (Wildman–Crippen MR) is 66.2 cm³/mol. The van der Waals surface area contributed by atoms with Crippen LogP contribution in [0.5, 0.6) is 11.6 Å². The van der Waals surface area contributed by atoms with E-state index in [2.05, 4.69) is 25.9 Å². The summed E-state index contributed by atoms with van der Waals surface area (Å²) in [4.78, 5) is 7.52. The zero-order chi connectivity index (χ0) is 12.4. The van der Waals surface area contributed by atoms with Crippen LogP contribution in [0.3, 0.4) is 0 Å². The zero-order valence-electron chi connectivity index (χ0n) is 8.12. The molecule has 0 amide bonds. The van der Waals surface area contributed by atoms with Gasteiger partial charge >= 0.3 is 0 Å². The van der Waals surface area contributed by atoms with Crippen LogP contribution in [0.15, 0.2) is 28.9 Å². The highest BCUT2D eigenvalue weighted by Gasteiger charge is 2.09. The zero-order valence-corrected chi connectivity index (χ0v) is 11.2. The third-order valence-electron chi connectivity index (χ3n) is 1.79. The molecule has 1 heterocycles. The number of ether oxygens (including phenoxy) is 1. The van der Waals surface area contributed by atoms with Gasteiger partial charge in [0.25, 0.3) is 0 Å². The molecule has 7 heteroatoms. The highest BCUT2D eigenvalue weighted by Crippen LogP contribution is 2.33. The van der Waals surface area contributed by atoms with E-state index in [0.717, 1.165) is 6.07 Å². The van der Waals surface area contributed by atoms with E-state index in [0.29, 0.717) is 4.47 Å². The summed E-state index contributed by atoms with van der Waals surface area (Å²) in [5, 5.41) is 0.0537. The van der Waals surface area contributed by atoms with E-state index >= 15 is 0 Å². The van der Waals surface area contributed by atoms with Crippen molar-refractivity contribution in [3.8, 4) is 11.6 Å². The summed E-state index contributed by atoms with van der Waals surface area (Å²) in [7, 11) is 0. The highest BCUT2D eigenvalue weighted by molar-refractivity contribution is 9.10. The molecular formula is C10H4BrCl2FN2O. The van der Waals surface area contributed by atoms with Gasteiger partial charge in [-0.2, -0.15) is 4.98 Å². The molecule has 0 aliphatic rings. The van der Waals surface area contributed by atoms with Crippen LogP contribution >= 0.6 is 39.1 Å². The molecule has 0 saturated heterocycles. The van der Waals surface area contributed by atoms with Crippen LogP contribution in [-0.2, 0) is 0 Å². The number of halogens is 4. The average molecular weight is 338 g/mol. The van der Waals surface area contributed by atoms with Gasteiger partial charge in [-0.25, -0.2) is 9.37 Å². The second-order valence-electron chi connectivity index (χ2n) is 2.96. The Bertz CT molecular complexity index is 568. The Morgan fingerprint density at radius 1 is 1.29 bits per heavy atom. The third kappa shape index (κ3) is 3.06. The van der Waals surface area contributed by atoms with E-state index in [1.165, 1.54) is 18.3 Å². The second kappa shape index (κ2) is 5.16. The largest absolute Gasteiger partial charge is 0.438 e. The molecule has 0 radical (unpaired) electrons. The van der Waals surface area contributed by atoms with Gasteiger partial charge in [0.05, 0.1) is 9.50 Å². The summed E-state index contributed by atoms with van der Waals surface area (Å²) in [6.45, 7) is 0. The van der Waals surface area contributed by atoms with E-state index in [1.54, 1.807) is 0 Å². The third-order valence-corrected chi connectivity index (χ3v) is 2.88. The number of hydrogen-bond acceptors (Lipinski definition) is 3. The fourth-order valence-corrected chi connectivity index (χ4v) is 1.93. The van der Waals surface area contributed by atoms with Gasteiger partial charge < -0.3 is 4.74 Å². The van der Waals surface area contributed by atoms with Crippen molar-refractivity contribution in [1.29, 1.82) is 0 Å². The molecule has 0 bridgehead atoms. The van der Waals surface area contributed by atoms with E-state index in [4.69, 9.17) is 27.9 Å². The van der Waals surface area contributed by atoms with Crippen LogP contribution in [0, 0.1) is 5.82 Å². The molecule has 2 aromatic rings. The molecule has 0 spiro atoms. The maximum absolute atomic E-state index is 13.2. The van der Waals surface area contributed by atoms with Gasteiger partial charge in [0.2, 0.25) is 11.2 Å². The Morgan fingerprint density at radius 3 is 2.76 bits per heavy atom. The van der Waals surface area contributed by atoms with Gasteiger partial charge in [-0.3, -0.25) is 0 Å². The van der Waals surface area contributed by atoms with Gasteiger partial charge in [0, 0.05) is 18.3 Å². The summed E-state index contributed by atoms with van der Waals surface area (Å²) in [6, 6.07) is 4.06. The minimum absolute atomic E-state index is 0.00458. The number of rotatable bonds is 2.